The van der Waals surface area contributed by atoms with E-state index in [1.807, 2.05) is 36.4 Å². The molecule has 2 rings (SSSR count). The lowest BCUT2D eigenvalue weighted by Crippen LogP contribution is -2.16. The minimum Gasteiger partial charge on any atom is -0.457 e. The van der Waals surface area contributed by atoms with E-state index >= 15 is 0 Å². The summed E-state index contributed by atoms with van der Waals surface area (Å²) >= 11 is 0. The zero-order valence-electron chi connectivity index (χ0n) is 13.0. The van der Waals surface area contributed by atoms with Crippen LogP contribution in [-0.2, 0) is 4.79 Å². The van der Waals surface area contributed by atoms with Crippen molar-refractivity contribution >= 4 is 11.6 Å². The van der Waals surface area contributed by atoms with Crippen LogP contribution < -0.4 is 15.4 Å². The van der Waals surface area contributed by atoms with Gasteiger partial charge in [0.1, 0.15) is 23.1 Å². The Morgan fingerprint density at radius 1 is 1.12 bits per heavy atom. The smallest absolute Gasteiger partial charge is 0.267 e. The Labute approximate surface area is 140 Å². The summed E-state index contributed by atoms with van der Waals surface area (Å²) in [6.45, 7) is 4.02. The van der Waals surface area contributed by atoms with Crippen molar-refractivity contribution in [3.63, 3.8) is 0 Å². The molecule has 0 aliphatic carbocycles. The van der Waals surface area contributed by atoms with Crippen molar-refractivity contribution < 1.29 is 9.53 Å². The van der Waals surface area contributed by atoms with Crippen LogP contribution in [0.1, 0.15) is 0 Å². The van der Waals surface area contributed by atoms with Gasteiger partial charge in [0, 0.05) is 18.4 Å². The summed E-state index contributed by atoms with van der Waals surface area (Å²) in [5.41, 5.74) is 0.562. The van der Waals surface area contributed by atoms with Crippen LogP contribution in [0.25, 0.3) is 0 Å². The first-order valence-corrected chi connectivity index (χ1v) is 7.32. The highest BCUT2D eigenvalue weighted by Crippen LogP contribution is 2.22. The molecular weight excluding hydrogens is 302 g/mol. The largest absolute Gasteiger partial charge is 0.457 e. The number of nitrogens with one attached hydrogen (secondary N) is 2. The van der Waals surface area contributed by atoms with Crippen molar-refractivity contribution in [1.82, 2.24) is 5.32 Å². The van der Waals surface area contributed by atoms with Crippen molar-refractivity contribution in [3.05, 3.63) is 79.0 Å². The highest BCUT2D eigenvalue weighted by atomic mass is 16.5. The van der Waals surface area contributed by atoms with Crippen LogP contribution in [-0.4, -0.2) is 12.5 Å². The van der Waals surface area contributed by atoms with Crippen molar-refractivity contribution in [1.29, 1.82) is 5.26 Å². The number of ether oxygens (including phenoxy) is 1. The highest BCUT2D eigenvalue weighted by molar-refractivity contribution is 6.06. The summed E-state index contributed by atoms with van der Waals surface area (Å²) in [7, 11) is 0. The molecule has 0 bridgehead atoms. The Hall–Kier alpha value is -3.52. The van der Waals surface area contributed by atoms with Gasteiger partial charge in [0.15, 0.2) is 0 Å². The lowest BCUT2D eigenvalue weighted by atomic mass is 10.2. The molecule has 5 nitrogen and oxygen atoms in total. The van der Waals surface area contributed by atoms with E-state index in [1.165, 1.54) is 6.20 Å². The Bertz CT molecular complexity index is 759. The molecule has 120 valence electrons. The number of rotatable bonds is 7. The quantitative estimate of drug-likeness (QED) is 0.354. The van der Waals surface area contributed by atoms with E-state index in [0.29, 0.717) is 18.0 Å². The fourth-order valence-electron chi connectivity index (χ4n) is 1.82. The maximum Gasteiger partial charge on any atom is 0.267 e. The molecule has 5 heteroatoms. The second-order valence-electron chi connectivity index (χ2n) is 4.76. The van der Waals surface area contributed by atoms with Crippen LogP contribution in [0.5, 0.6) is 11.5 Å². The minimum absolute atomic E-state index is 0.0125. The summed E-state index contributed by atoms with van der Waals surface area (Å²) < 4.78 is 5.68. The Balaban J connectivity index is 1.98. The Morgan fingerprint density at radius 2 is 1.79 bits per heavy atom. The number of para-hydroxylation sites is 1. The van der Waals surface area contributed by atoms with Crippen LogP contribution in [0.2, 0.25) is 0 Å². The topological polar surface area (TPSA) is 74.2 Å². The van der Waals surface area contributed by atoms with Crippen molar-refractivity contribution in [2.45, 2.75) is 0 Å². The van der Waals surface area contributed by atoms with Gasteiger partial charge in [-0.25, -0.2) is 0 Å². The second-order valence-corrected chi connectivity index (χ2v) is 4.76. The number of hydrogen-bond acceptors (Lipinski definition) is 4. The molecule has 0 fully saturated rings. The van der Waals surface area contributed by atoms with Gasteiger partial charge < -0.3 is 15.4 Å². The van der Waals surface area contributed by atoms with Gasteiger partial charge in [-0.15, -0.1) is 6.58 Å². The molecule has 0 aliphatic heterocycles. The van der Waals surface area contributed by atoms with Crippen LogP contribution in [0.4, 0.5) is 5.69 Å². The van der Waals surface area contributed by atoms with Gasteiger partial charge in [-0.3, -0.25) is 4.79 Å². The third-order valence-corrected chi connectivity index (χ3v) is 2.96. The van der Waals surface area contributed by atoms with Crippen molar-refractivity contribution in [2.75, 3.05) is 11.9 Å². The van der Waals surface area contributed by atoms with Gasteiger partial charge in [0.05, 0.1) is 0 Å². The lowest BCUT2D eigenvalue weighted by molar-refractivity contribution is -0.112. The molecule has 2 aromatic carbocycles. The predicted molar refractivity (Wildman–Crippen MR) is 93.5 cm³/mol. The molecule has 2 N–H and O–H groups in total. The maximum atomic E-state index is 12.0. The summed E-state index contributed by atoms with van der Waals surface area (Å²) in [5.74, 6) is 0.908. The number of anilines is 1. The summed E-state index contributed by atoms with van der Waals surface area (Å²) in [6.07, 6.45) is 3.00. The van der Waals surface area contributed by atoms with E-state index in [0.717, 1.165) is 5.75 Å². The van der Waals surface area contributed by atoms with Gasteiger partial charge in [-0.05, 0) is 36.4 Å². The zero-order chi connectivity index (χ0) is 17.2. The van der Waals surface area contributed by atoms with Crippen molar-refractivity contribution in [2.24, 2.45) is 0 Å². The lowest BCUT2D eigenvalue weighted by Gasteiger charge is -2.08. The van der Waals surface area contributed by atoms with Gasteiger partial charge in [-0.2, -0.15) is 5.26 Å². The standard InChI is InChI=1S/C19H17N3O2/c1-2-12-21-14-15(13-20)19(23)22-16-8-10-18(11-9-16)24-17-6-4-3-5-7-17/h2-11,14,21H,1,12H2,(H,22,23)/b15-14-. The predicted octanol–water partition coefficient (Wildman–Crippen LogP) is 3.60. The molecule has 0 saturated heterocycles. The number of carbonyl (C=O) groups excluding carboxylic acids is 1. The number of amides is 1. The minimum atomic E-state index is -0.481. The number of hydrogen-bond donors (Lipinski definition) is 2. The van der Waals surface area contributed by atoms with Crippen molar-refractivity contribution in [3.8, 4) is 17.6 Å². The maximum absolute atomic E-state index is 12.0. The molecule has 0 saturated carbocycles. The van der Waals surface area contributed by atoms with Crippen LogP contribution in [0, 0.1) is 11.3 Å². The number of benzene rings is 2. The monoisotopic (exact) mass is 319 g/mol. The van der Waals surface area contributed by atoms with Crippen LogP contribution in [0.15, 0.2) is 79.0 Å². The highest BCUT2D eigenvalue weighted by Gasteiger charge is 2.09. The van der Waals surface area contributed by atoms with E-state index in [2.05, 4.69) is 17.2 Å². The normalized spacial score (nSPS) is 10.4. The molecular formula is C19H17N3O2. The second kappa shape index (κ2) is 8.81. The molecule has 1 amide bonds. The molecule has 0 aliphatic rings. The van der Waals surface area contributed by atoms with Crippen LogP contribution >= 0.6 is 0 Å². The molecule has 0 spiro atoms. The SMILES string of the molecule is C=CCN/C=C(/C#N)C(=O)Nc1ccc(Oc2ccccc2)cc1. The molecule has 0 atom stereocenters. The average Bonchev–Trinajstić information content (AvgIpc) is 2.61. The molecule has 0 unspecified atom stereocenters. The first kappa shape index (κ1) is 16.8. The first-order chi connectivity index (χ1) is 11.7. The van der Waals surface area contributed by atoms with E-state index in [4.69, 9.17) is 10.00 Å². The van der Waals surface area contributed by atoms with Gasteiger partial charge in [0.25, 0.3) is 5.91 Å². The van der Waals surface area contributed by atoms with E-state index in [-0.39, 0.29) is 5.57 Å². The van der Waals surface area contributed by atoms with Crippen LogP contribution in [0.3, 0.4) is 0 Å². The Morgan fingerprint density at radius 3 is 2.42 bits per heavy atom. The van der Waals surface area contributed by atoms with Gasteiger partial charge in [0.2, 0.25) is 0 Å². The summed E-state index contributed by atoms with van der Waals surface area (Å²) in [4.78, 5) is 12.0. The third kappa shape index (κ3) is 5.04. The number of carbonyl (C=O) groups is 1. The van der Waals surface area contributed by atoms with E-state index in [1.54, 1.807) is 30.3 Å². The fraction of sp³-hybridized carbons (Fsp3) is 0.0526. The van der Waals surface area contributed by atoms with Gasteiger partial charge >= 0.3 is 0 Å². The molecule has 0 aromatic heterocycles. The Kier molecular flexibility index (Phi) is 6.18. The summed E-state index contributed by atoms with van der Waals surface area (Å²) in [5, 5.41) is 14.5. The molecule has 0 heterocycles. The number of nitriles is 1. The first-order valence-electron chi connectivity index (χ1n) is 7.32. The fourth-order valence-corrected chi connectivity index (χ4v) is 1.82. The average molecular weight is 319 g/mol. The molecule has 24 heavy (non-hydrogen) atoms. The third-order valence-electron chi connectivity index (χ3n) is 2.96. The number of nitrogens with zero attached hydrogens (tertiary/aromatic N) is 1. The van der Waals surface area contributed by atoms with Gasteiger partial charge in [-0.1, -0.05) is 24.3 Å². The van der Waals surface area contributed by atoms with E-state index in [9.17, 15) is 4.79 Å². The molecule has 2 aromatic rings. The zero-order valence-corrected chi connectivity index (χ0v) is 13.0. The van der Waals surface area contributed by atoms with E-state index < -0.39 is 5.91 Å². The molecule has 0 radical (unpaired) electrons. The summed E-state index contributed by atoms with van der Waals surface area (Å²) in [6, 6.07) is 18.2.